The molecule has 1 saturated heterocycles. The maximum atomic E-state index is 12.4. The van der Waals surface area contributed by atoms with E-state index < -0.39 is 0 Å². The number of nitriles is 1. The third kappa shape index (κ3) is 5.11. The normalized spacial score (nSPS) is 13.9. The van der Waals surface area contributed by atoms with Crippen LogP contribution in [0.4, 0.5) is 5.88 Å². The monoisotopic (exact) mass is 414 g/mol. The van der Waals surface area contributed by atoms with Gasteiger partial charge < -0.3 is 19.0 Å². The van der Waals surface area contributed by atoms with Gasteiger partial charge >= 0.3 is 0 Å². The number of anilines is 1. The average molecular weight is 414 g/mol. The zero-order valence-corrected chi connectivity index (χ0v) is 17.0. The highest BCUT2D eigenvalue weighted by molar-refractivity contribution is 5.78. The second kappa shape index (κ2) is 9.63. The number of rotatable bonds is 6. The van der Waals surface area contributed by atoms with Crippen molar-refractivity contribution in [2.45, 2.75) is 0 Å². The number of hydrogen-bond donors (Lipinski definition) is 0. The van der Waals surface area contributed by atoms with Gasteiger partial charge in [0.1, 0.15) is 11.8 Å². The Kier molecular flexibility index (Phi) is 6.29. The van der Waals surface area contributed by atoms with Crippen LogP contribution >= 0.6 is 0 Å². The van der Waals surface area contributed by atoms with Crippen LogP contribution in [0.15, 0.2) is 65.1 Å². The maximum absolute atomic E-state index is 12.4. The lowest BCUT2D eigenvalue weighted by Gasteiger charge is -2.34. The molecule has 0 bridgehead atoms. The summed E-state index contributed by atoms with van der Waals surface area (Å²) in [7, 11) is 0. The van der Waals surface area contributed by atoms with E-state index in [9.17, 15) is 10.1 Å². The third-order valence-corrected chi connectivity index (χ3v) is 4.97. The number of benzene rings is 2. The van der Waals surface area contributed by atoms with Gasteiger partial charge in [-0.15, -0.1) is 0 Å². The molecular weight excluding hydrogens is 392 g/mol. The topological polar surface area (TPSA) is 82.6 Å². The number of carbonyl (C=O) groups is 1. The van der Waals surface area contributed by atoms with Crippen molar-refractivity contribution in [1.82, 2.24) is 9.88 Å². The molecule has 1 aliphatic heterocycles. The van der Waals surface area contributed by atoms with Crippen LogP contribution in [-0.4, -0.2) is 48.6 Å². The van der Waals surface area contributed by atoms with Crippen LogP contribution < -0.4 is 9.64 Å². The summed E-state index contributed by atoms with van der Waals surface area (Å²) in [5.74, 6) is 1.44. The van der Waals surface area contributed by atoms with E-state index >= 15 is 0 Å². The van der Waals surface area contributed by atoms with Gasteiger partial charge in [-0.05, 0) is 23.8 Å². The number of hydrogen-bond acceptors (Lipinski definition) is 6. The summed E-state index contributed by atoms with van der Waals surface area (Å²) in [6.45, 7) is 2.17. The van der Waals surface area contributed by atoms with Gasteiger partial charge in [-0.3, -0.25) is 4.79 Å². The first-order chi connectivity index (χ1) is 15.2. The van der Waals surface area contributed by atoms with Gasteiger partial charge in [-0.1, -0.05) is 48.5 Å². The molecule has 3 aromatic rings. The van der Waals surface area contributed by atoms with Crippen LogP contribution in [0.25, 0.3) is 12.2 Å². The van der Waals surface area contributed by atoms with Crippen LogP contribution in [-0.2, 0) is 4.79 Å². The number of aromatic nitrogens is 1. The van der Waals surface area contributed by atoms with E-state index in [1.165, 1.54) is 0 Å². The van der Waals surface area contributed by atoms with E-state index in [1.807, 2.05) is 71.6 Å². The molecule has 0 N–H and O–H groups in total. The van der Waals surface area contributed by atoms with E-state index in [1.54, 1.807) is 11.0 Å². The first kappa shape index (κ1) is 20.2. The number of nitrogens with zero attached hydrogens (tertiary/aromatic N) is 4. The SMILES string of the molecule is N#Cc1nc(/C=C/c2ccccc2)oc1N1CCN(C(=O)COc2ccccc2)CC1. The van der Waals surface area contributed by atoms with Crippen LogP contribution in [0.3, 0.4) is 0 Å². The molecule has 7 heteroatoms. The quantitative estimate of drug-likeness (QED) is 0.615. The molecule has 0 spiro atoms. The Morgan fingerprint density at radius 3 is 2.39 bits per heavy atom. The molecule has 0 aliphatic carbocycles. The standard InChI is InChI=1S/C24H22N4O3/c25-17-21-24(31-22(26-21)12-11-19-7-3-1-4-8-19)28-15-13-27(14-16-28)23(29)18-30-20-9-5-2-6-10-20/h1-12H,13-16,18H2/b12-11+. The molecule has 1 fully saturated rings. The zero-order valence-electron chi connectivity index (χ0n) is 17.0. The minimum Gasteiger partial charge on any atom is -0.484 e. The highest BCUT2D eigenvalue weighted by Gasteiger charge is 2.26. The number of carbonyl (C=O) groups excluding carboxylic acids is 1. The lowest BCUT2D eigenvalue weighted by Crippen LogP contribution is -2.50. The van der Waals surface area contributed by atoms with Crippen LogP contribution in [0, 0.1) is 11.3 Å². The average Bonchev–Trinajstić information content (AvgIpc) is 3.26. The van der Waals surface area contributed by atoms with Crippen molar-refractivity contribution in [2.24, 2.45) is 0 Å². The van der Waals surface area contributed by atoms with Crippen LogP contribution in [0.2, 0.25) is 0 Å². The molecule has 0 atom stereocenters. The highest BCUT2D eigenvalue weighted by Crippen LogP contribution is 2.24. The Morgan fingerprint density at radius 2 is 1.71 bits per heavy atom. The molecule has 31 heavy (non-hydrogen) atoms. The molecule has 0 saturated carbocycles. The molecular formula is C24H22N4O3. The molecule has 2 aromatic carbocycles. The van der Waals surface area contributed by atoms with Crippen LogP contribution in [0.5, 0.6) is 5.75 Å². The fourth-order valence-corrected chi connectivity index (χ4v) is 3.33. The van der Waals surface area contributed by atoms with E-state index in [2.05, 4.69) is 11.1 Å². The van der Waals surface area contributed by atoms with Gasteiger partial charge in [-0.2, -0.15) is 10.2 Å². The van der Waals surface area contributed by atoms with Crippen molar-refractivity contribution >= 4 is 23.9 Å². The minimum absolute atomic E-state index is 0.00416. The minimum atomic E-state index is -0.0620. The summed E-state index contributed by atoms with van der Waals surface area (Å²) in [4.78, 5) is 20.4. The summed E-state index contributed by atoms with van der Waals surface area (Å²) in [5.41, 5.74) is 1.27. The number of oxazole rings is 1. The Balaban J connectivity index is 1.35. The van der Waals surface area contributed by atoms with Crippen molar-refractivity contribution in [3.05, 3.63) is 77.8 Å². The molecule has 0 radical (unpaired) electrons. The van der Waals surface area contributed by atoms with Gasteiger partial charge in [0, 0.05) is 32.3 Å². The largest absolute Gasteiger partial charge is 0.484 e. The van der Waals surface area contributed by atoms with Crippen LogP contribution in [0.1, 0.15) is 17.1 Å². The molecule has 1 amide bonds. The fraction of sp³-hybridized carbons (Fsp3) is 0.208. The summed E-state index contributed by atoms with van der Waals surface area (Å²) in [5, 5.41) is 9.46. The van der Waals surface area contributed by atoms with Gasteiger partial charge in [0.15, 0.2) is 6.61 Å². The van der Waals surface area contributed by atoms with Gasteiger partial charge in [0.05, 0.1) is 0 Å². The number of ether oxygens (including phenoxy) is 1. The number of amides is 1. The smallest absolute Gasteiger partial charge is 0.260 e. The van der Waals surface area contributed by atoms with E-state index in [-0.39, 0.29) is 18.2 Å². The molecule has 0 unspecified atom stereocenters. The summed E-state index contributed by atoms with van der Waals surface area (Å²) < 4.78 is 11.4. The fourth-order valence-electron chi connectivity index (χ4n) is 3.33. The Morgan fingerprint density at radius 1 is 1.03 bits per heavy atom. The van der Waals surface area contributed by atoms with E-state index in [0.29, 0.717) is 43.7 Å². The summed E-state index contributed by atoms with van der Waals surface area (Å²) >= 11 is 0. The lowest BCUT2D eigenvalue weighted by molar-refractivity contribution is -0.133. The molecule has 4 rings (SSSR count). The predicted molar refractivity (Wildman–Crippen MR) is 117 cm³/mol. The highest BCUT2D eigenvalue weighted by atomic mass is 16.5. The first-order valence-corrected chi connectivity index (χ1v) is 10.1. The first-order valence-electron chi connectivity index (χ1n) is 10.1. The number of piperazine rings is 1. The van der Waals surface area contributed by atoms with Crippen molar-refractivity contribution < 1.29 is 13.9 Å². The number of para-hydroxylation sites is 1. The van der Waals surface area contributed by atoms with Gasteiger partial charge in [-0.25, -0.2) is 0 Å². The van der Waals surface area contributed by atoms with E-state index in [0.717, 1.165) is 5.56 Å². The van der Waals surface area contributed by atoms with Crippen molar-refractivity contribution in [3.63, 3.8) is 0 Å². The molecule has 2 heterocycles. The van der Waals surface area contributed by atoms with Gasteiger partial charge in [0.25, 0.3) is 5.91 Å². The second-order valence-corrected chi connectivity index (χ2v) is 7.03. The Labute approximate surface area is 180 Å². The second-order valence-electron chi connectivity index (χ2n) is 7.03. The lowest BCUT2D eigenvalue weighted by atomic mass is 10.2. The van der Waals surface area contributed by atoms with Crippen molar-refractivity contribution in [3.8, 4) is 11.8 Å². The third-order valence-electron chi connectivity index (χ3n) is 4.97. The molecule has 1 aromatic heterocycles. The summed E-state index contributed by atoms with van der Waals surface area (Å²) in [6, 6.07) is 21.2. The van der Waals surface area contributed by atoms with Gasteiger partial charge in [0.2, 0.25) is 17.5 Å². The molecule has 1 aliphatic rings. The van der Waals surface area contributed by atoms with Crippen molar-refractivity contribution in [2.75, 3.05) is 37.7 Å². The predicted octanol–water partition coefficient (Wildman–Crippen LogP) is 3.44. The molecule has 156 valence electrons. The summed E-state index contributed by atoms with van der Waals surface area (Å²) in [6.07, 6.45) is 3.64. The van der Waals surface area contributed by atoms with Crippen molar-refractivity contribution in [1.29, 1.82) is 5.26 Å². The Bertz CT molecular complexity index is 1080. The van der Waals surface area contributed by atoms with E-state index in [4.69, 9.17) is 9.15 Å². The molecule has 7 nitrogen and oxygen atoms in total. The maximum Gasteiger partial charge on any atom is 0.260 e. The zero-order chi connectivity index (χ0) is 21.5. The Hall–Kier alpha value is -4.05.